The molecule has 2 aromatic carbocycles. The van der Waals surface area contributed by atoms with Crippen molar-refractivity contribution in [1.82, 2.24) is 10.6 Å². The first kappa shape index (κ1) is 20.0. The quantitative estimate of drug-likeness (QED) is 0.506. The van der Waals surface area contributed by atoms with Crippen LogP contribution in [0.25, 0.3) is 11.3 Å². The lowest BCUT2D eigenvalue weighted by molar-refractivity contribution is -0.119. The summed E-state index contributed by atoms with van der Waals surface area (Å²) < 4.78 is 5.79. The fourth-order valence-electron chi connectivity index (χ4n) is 2.99. The van der Waals surface area contributed by atoms with E-state index >= 15 is 0 Å². The van der Waals surface area contributed by atoms with Gasteiger partial charge in [-0.15, -0.1) is 0 Å². The normalized spacial score (nSPS) is 13.0. The van der Waals surface area contributed by atoms with Crippen molar-refractivity contribution in [2.45, 2.75) is 25.4 Å². The number of carbonyl (C=O) groups is 2. The summed E-state index contributed by atoms with van der Waals surface area (Å²) in [4.78, 5) is 24.6. The van der Waals surface area contributed by atoms with Gasteiger partial charge in [-0.3, -0.25) is 9.59 Å². The molecule has 1 fully saturated rings. The van der Waals surface area contributed by atoms with Gasteiger partial charge < -0.3 is 20.4 Å². The van der Waals surface area contributed by atoms with Crippen LogP contribution in [-0.4, -0.2) is 24.4 Å². The molecule has 3 N–H and O–H groups in total. The average molecular weight is 424 g/mol. The van der Waals surface area contributed by atoms with Crippen LogP contribution in [0.4, 0.5) is 5.69 Å². The lowest BCUT2D eigenvalue weighted by Crippen LogP contribution is -2.30. The highest BCUT2D eigenvalue weighted by molar-refractivity contribution is 6.30. The number of para-hydroxylation sites is 1. The van der Waals surface area contributed by atoms with Gasteiger partial charge in [-0.2, -0.15) is 0 Å². The number of halogens is 1. The van der Waals surface area contributed by atoms with E-state index in [9.17, 15) is 9.59 Å². The number of nitrogens with one attached hydrogen (secondary N) is 3. The molecule has 1 aliphatic carbocycles. The first-order valence-electron chi connectivity index (χ1n) is 9.83. The minimum absolute atomic E-state index is 0.0540. The molecule has 0 aliphatic heterocycles. The number of carbonyl (C=O) groups excluding carboxylic acids is 2. The lowest BCUT2D eigenvalue weighted by atomic mass is 10.1. The van der Waals surface area contributed by atoms with Crippen LogP contribution in [0.1, 0.15) is 29.0 Å². The second-order valence-electron chi connectivity index (χ2n) is 7.20. The minimum Gasteiger partial charge on any atom is -0.459 e. The molecule has 4 rings (SSSR count). The van der Waals surface area contributed by atoms with Crippen LogP contribution in [0.2, 0.25) is 5.02 Å². The Morgan fingerprint density at radius 3 is 2.53 bits per heavy atom. The monoisotopic (exact) mass is 423 g/mol. The molecular formula is C23H22ClN3O3. The molecule has 0 radical (unpaired) electrons. The molecular weight excluding hydrogens is 402 g/mol. The fraction of sp³-hybridized carbons (Fsp3) is 0.217. The zero-order chi connectivity index (χ0) is 20.9. The van der Waals surface area contributed by atoms with Gasteiger partial charge in [-0.1, -0.05) is 23.7 Å². The van der Waals surface area contributed by atoms with Gasteiger partial charge >= 0.3 is 0 Å². The van der Waals surface area contributed by atoms with Crippen molar-refractivity contribution in [2.24, 2.45) is 0 Å². The molecule has 3 aromatic rings. The van der Waals surface area contributed by atoms with E-state index in [4.69, 9.17) is 16.0 Å². The Labute approximate surface area is 179 Å². The third-order valence-corrected chi connectivity index (χ3v) is 5.03. The van der Waals surface area contributed by atoms with Gasteiger partial charge in [0.15, 0.2) is 0 Å². The predicted molar refractivity (Wildman–Crippen MR) is 116 cm³/mol. The van der Waals surface area contributed by atoms with Crippen LogP contribution in [0.15, 0.2) is 65.1 Å². The summed E-state index contributed by atoms with van der Waals surface area (Å²) in [5.74, 6) is 1.05. The maximum Gasteiger partial charge on any atom is 0.253 e. The maximum atomic E-state index is 12.3. The third-order valence-electron chi connectivity index (χ3n) is 4.77. The molecule has 1 aliphatic rings. The van der Waals surface area contributed by atoms with E-state index in [-0.39, 0.29) is 30.9 Å². The van der Waals surface area contributed by atoms with Crippen molar-refractivity contribution < 1.29 is 14.0 Å². The molecule has 1 saturated carbocycles. The van der Waals surface area contributed by atoms with Gasteiger partial charge in [0.05, 0.1) is 18.7 Å². The average Bonchev–Trinajstić information content (AvgIpc) is 3.44. The zero-order valence-corrected chi connectivity index (χ0v) is 17.0. The van der Waals surface area contributed by atoms with Crippen molar-refractivity contribution >= 4 is 29.1 Å². The Morgan fingerprint density at radius 1 is 1.00 bits per heavy atom. The van der Waals surface area contributed by atoms with Crippen LogP contribution in [0.3, 0.4) is 0 Å². The SMILES string of the molecule is O=C(CNc1ccccc1C(=O)NC1CC1)NCc1ccc(-c2ccc(Cl)cc2)o1. The Hall–Kier alpha value is -3.25. The predicted octanol–water partition coefficient (Wildman–Crippen LogP) is 4.22. The molecule has 7 heteroatoms. The topological polar surface area (TPSA) is 83.4 Å². The van der Waals surface area contributed by atoms with Gasteiger partial charge in [0.25, 0.3) is 5.91 Å². The largest absolute Gasteiger partial charge is 0.459 e. The molecule has 1 heterocycles. The van der Waals surface area contributed by atoms with Crippen LogP contribution >= 0.6 is 11.6 Å². The molecule has 0 bridgehead atoms. The number of amides is 2. The van der Waals surface area contributed by atoms with E-state index in [2.05, 4.69) is 16.0 Å². The van der Waals surface area contributed by atoms with E-state index in [0.29, 0.717) is 27.8 Å². The summed E-state index contributed by atoms with van der Waals surface area (Å²) >= 11 is 5.91. The van der Waals surface area contributed by atoms with Gasteiger partial charge in [-0.25, -0.2) is 0 Å². The lowest BCUT2D eigenvalue weighted by Gasteiger charge is -2.12. The van der Waals surface area contributed by atoms with Crippen molar-refractivity contribution in [2.75, 3.05) is 11.9 Å². The summed E-state index contributed by atoms with van der Waals surface area (Å²) in [5, 5.41) is 9.49. The number of hydrogen-bond acceptors (Lipinski definition) is 4. The van der Waals surface area contributed by atoms with Crippen molar-refractivity contribution in [1.29, 1.82) is 0 Å². The molecule has 2 amide bonds. The van der Waals surface area contributed by atoms with Gasteiger partial charge in [0.1, 0.15) is 11.5 Å². The second kappa shape index (κ2) is 9.05. The summed E-state index contributed by atoms with van der Waals surface area (Å²) in [6.45, 7) is 0.330. The molecule has 154 valence electrons. The highest BCUT2D eigenvalue weighted by Gasteiger charge is 2.24. The van der Waals surface area contributed by atoms with Crippen LogP contribution in [0, 0.1) is 0 Å². The minimum atomic E-state index is -0.197. The molecule has 6 nitrogen and oxygen atoms in total. The van der Waals surface area contributed by atoms with E-state index in [0.717, 1.165) is 18.4 Å². The molecule has 0 unspecified atom stereocenters. The summed E-state index contributed by atoms with van der Waals surface area (Å²) in [6, 6.07) is 18.5. The molecule has 30 heavy (non-hydrogen) atoms. The van der Waals surface area contributed by atoms with E-state index in [1.165, 1.54) is 0 Å². The number of benzene rings is 2. The highest BCUT2D eigenvalue weighted by Crippen LogP contribution is 2.24. The first-order chi connectivity index (χ1) is 14.6. The van der Waals surface area contributed by atoms with Crippen LogP contribution in [0.5, 0.6) is 0 Å². The Morgan fingerprint density at radius 2 is 1.77 bits per heavy atom. The number of furan rings is 1. The molecule has 0 spiro atoms. The number of anilines is 1. The summed E-state index contributed by atoms with van der Waals surface area (Å²) in [7, 11) is 0. The zero-order valence-electron chi connectivity index (χ0n) is 16.3. The molecule has 0 saturated heterocycles. The van der Waals surface area contributed by atoms with Gasteiger partial charge in [-0.05, 0) is 61.4 Å². The van der Waals surface area contributed by atoms with E-state index < -0.39 is 0 Å². The number of hydrogen-bond donors (Lipinski definition) is 3. The second-order valence-corrected chi connectivity index (χ2v) is 7.63. The summed E-state index contributed by atoms with van der Waals surface area (Å²) in [5.41, 5.74) is 2.09. The van der Waals surface area contributed by atoms with Crippen molar-refractivity contribution in [3.8, 4) is 11.3 Å². The first-order valence-corrected chi connectivity index (χ1v) is 10.2. The van der Waals surface area contributed by atoms with E-state index in [1.54, 1.807) is 24.3 Å². The van der Waals surface area contributed by atoms with Crippen molar-refractivity contribution in [3.63, 3.8) is 0 Å². The smallest absolute Gasteiger partial charge is 0.253 e. The molecule has 1 aromatic heterocycles. The Kier molecular flexibility index (Phi) is 6.05. The van der Waals surface area contributed by atoms with Crippen LogP contribution < -0.4 is 16.0 Å². The fourth-order valence-corrected chi connectivity index (χ4v) is 3.12. The molecule has 0 atom stereocenters. The van der Waals surface area contributed by atoms with E-state index in [1.807, 2.05) is 36.4 Å². The number of rotatable bonds is 8. The van der Waals surface area contributed by atoms with Crippen molar-refractivity contribution in [3.05, 3.63) is 77.0 Å². The third kappa shape index (κ3) is 5.21. The van der Waals surface area contributed by atoms with Gasteiger partial charge in [0, 0.05) is 22.3 Å². The highest BCUT2D eigenvalue weighted by atomic mass is 35.5. The standard InChI is InChI=1S/C23H22ClN3O3/c24-16-7-5-15(6-8-16)21-12-11-18(30-21)13-26-22(28)14-25-20-4-2-1-3-19(20)23(29)27-17-9-10-17/h1-8,11-12,17,25H,9-10,13-14H2,(H,26,28)(H,27,29). The van der Waals surface area contributed by atoms with Crippen LogP contribution in [-0.2, 0) is 11.3 Å². The summed E-state index contributed by atoms with van der Waals surface area (Å²) in [6.07, 6.45) is 2.05. The Balaban J connectivity index is 1.29. The Bertz CT molecular complexity index is 1040. The maximum absolute atomic E-state index is 12.3. The van der Waals surface area contributed by atoms with Gasteiger partial charge in [0.2, 0.25) is 5.91 Å².